The van der Waals surface area contributed by atoms with Crippen LogP contribution in [0.3, 0.4) is 0 Å². The third-order valence-electron chi connectivity index (χ3n) is 4.01. The molecular formula is C21H28N2O2. The van der Waals surface area contributed by atoms with Gasteiger partial charge < -0.3 is 15.4 Å². The van der Waals surface area contributed by atoms with Crippen molar-refractivity contribution in [2.75, 3.05) is 18.5 Å². The monoisotopic (exact) mass is 340 g/mol. The van der Waals surface area contributed by atoms with E-state index < -0.39 is 0 Å². The lowest BCUT2D eigenvalue weighted by Crippen LogP contribution is -2.33. The van der Waals surface area contributed by atoms with Gasteiger partial charge in [-0.2, -0.15) is 0 Å². The van der Waals surface area contributed by atoms with E-state index in [0.717, 1.165) is 22.6 Å². The van der Waals surface area contributed by atoms with E-state index in [9.17, 15) is 4.79 Å². The van der Waals surface area contributed by atoms with E-state index in [4.69, 9.17) is 4.74 Å². The van der Waals surface area contributed by atoms with Gasteiger partial charge in [0, 0.05) is 5.69 Å². The smallest absolute Gasteiger partial charge is 0.319 e. The molecule has 0 atom stereocenters. The summed E-state index contributed by atoms with van der Waals surface area (Å²) >= 11 is 0. The first-order chi connectivity index (χ1) is 12.0. The summed E-state index contributed by atoms with van der Waals surface area (Å²) in [5, 5.41) is 5.89. The second-order valence-corrected chi connectivity index (χ2v) is 6.66. The van der Waals surface area contributed by atoms with Crippen LogP contribution in [-0.2, 0) is 0 Å². The number of ether oxygens (including phenoxy) is 1. The molecule has 0 aliphatic carbocycles. The van der Waals surface area contributed by atoms with Crippen LogP contribution < -0.4 is 15.4 Å². The van der Waals surface area contributed by atoms with Crippen LogP contribution in [0.2, 0.25) is 0 Å². The Labute approximate surface area is 150 Å². The summed E-state index contributed by atoms with van der Waals surface area (Å²) < 4.78 is 5.59. The van der Waals surface area contributed by atoms with E-state index in [-0.39, 0.29) is 6.03 Å². The molecule has 0 unspecified atom stereocenters. The van der Waals surface area contributed by atoms with Crippen molar-refractivity contribution in [3.05, 3.63) is 59.7 Å². The highest BCUT2D eigenvalue weighted by Gasteiger charge is 2.15. The Morgan fingerprint density at radius 2 is 1.52 bits per heavy atom. The zero-order valence-electron chi connectivity index (χ0n) is 15.5. The Bertz CT molecular complexity index is 655. The average Bonchev–Trinajstić information content (AvgIpc) is 2.59. The van der Waals surface area contributed by atoms with Gasteiger partial charge in [-0.15, -0.1) is 0 Å². The van der Waals surface area contributed by atoms with E-state index in [1.165, 1.54) is 0 Å². The van der Waals surface area contributed by atoms with Crippen molar-refractivity contribution in [3.8, 4) is 5.75 Å². The van der Waals surface area contributed by atoms with Crippen molar-refractivity contribution in [1.82, 2.24) is 5.32 Å². The minimum absolute atomic E-state index is 0.202. The largest absolute Gasteiger partial charge is 0.492 e. The minimum atomic E-state index is -0.202. The molecule has 0 aromatic heterocycles. The van der Waals surface area contributed by atoms with E-state index in [1.807, 2.05) is 30.3 Å². The summed E-state index contributed by atoms with van der Waals surface area (Å²) in [4.78, 5) is 12.3. The number of hydrogen-bond donors (Lipinski definition) is 2. The highest BCUT2D eigenvalue weighted by atomic mass is 16.5. The Morgan fingerprint density at radius 1 is 0.920 bits per heavy atom. The number of para-hydroxylation sites is 2. The molecule has 2 N–H and O–H groups in total. The van der Waals surface area contributed by atoms with Crippen LogP contribution in [0.25, 0.3) is 0 Å². The molecule has 0 radical (unpaired) electrons. The molecule has 134 valence electrons. The Morgan fingerprint density at radius 3 is 2.08 bits per heavy atom. The van der Waals surface area contributed by atoms with Gasteiger partial charge in [0.2, 0.25) is 0 Å². The predicted molar refractivity (Wildman–Crippen MR) is 104 cm³/mol. The number of carbonyl (C=O) groups excluding carboxylic acids is 1. The molecule has 0 saturated heterocycles. The van der Waals surface area contributed by atoms with Crippen molar-refractivity contribution in [2.24, 2.45) is 0 Å². The first-order valence-electron chi connectivity index (χ1n) is 8.84. The van der Waals surface area contributed by atoms with Gasteiger partial charge in [-0.05, 0) is 35.1 Å². The lowest BCUT2D eigenvalue weighted by molar-refractivity contribution is 0.247. The Hall–Kier alpha value is -2.49. The summed E-state index contributed by atoms with van der Waals surface area (Å²) in [6.07, 6.45) is 0. The molecule has 0 spiro atoms. The normalized spacial score (nSPS) is 10.8. The van der Waals surface area contributed by atoms with Crippen molar-refractivity contribution >= 4 is 11.7 Å². The van der Waals surface area contributed by atoms with Crippen molar-refractivity contribution in [3.63, 3.8) is 0 Å². The van der Waals surface area contributed by atoms with Crippen LogP contribution in [0, 0.1) is 0 Å². The molecule has 0 fully saturated rings. The summed E-state index contributed by atoms with van der Waals surface area (Å²) in [6, 6.07) is 15.6. The molecule has 2 aromatic carbocycles. The number of anilines is 1. The van der Waals surface area contributed by atoms with Crippen molar-refractivity contribution in [1.29, 1.82) is 0 Å². The fourth-order valence-electron chi connectivity index (χ4n) is 2.70. The molecule has 0 bridgehead atoms. The van der Waals surface area contributed by atoms with E-state index >= 15 is 0 Å². The topological polar surface area (TPSA) is 50.4 Å². The quantitative estimate of drug-likeness (QED) is 0.686. The maximum absolute atomic E-state index is 12.3. The molecule has 2 amide bonds. The maximum Gasteiger partial charge on any atom is 0.319 e. The number of nitrogens with one attached hydrogen (secondary N) is 2. The third kappa shape index (κ3) is 5.52. The number of benzene rings is 2. The average molecular weight is 340 g/mol. The molecule has 4 nitrogen and oxygen atoms in total. The first kappa shape index (κ1) is 18.8. The van der Waals surface area contributed by atoms with Crippen LogP contribution in [0.1, 0.15) is 50.7 Å². The van der Waals surface area contributed by atoms with Gasteiger partial charge in [-0.3, -0.25) is 0 Å². The van der Waals surface area contributed by atoms with Crippen molar-refractivity contribution < 1.29 is 9.53 Å². The molecule has 0 aliphatic heterocycles. The number of hydrogen-bond acceptors (Lipinski definition) is 2. The molecule has 0 aliphatic rings. The van der Waals surface area contributed by atoms with Gasteiger partial charge >= 0.3 is 6.03 Å². The number of urea groups is 1. The molecule has 0 heterocycles. The van der Waals surface area contributed by atoms with Crippen molar-refractivity contribution in [2.45, 2.75) is 39.5 Å². The molecule has 25 heavy (non-hydrogen) atoms. The highest BCUT2D eigenvalue weighted by molar-refractivity contribution is 5.91. The molecule has 2 aromatic rings. The molecule has 2 rings (SSSR count). The fourth-order valence-corrected chi connectivity index (χ4v) is 2.70. The number of carbonyl (C=O) groups is 1. The zero-order chi connectivity index (χ0) is 18.2. The van der Waals surface area contributed by atoms with E-state index in [1.54, 1.807) is 0 Å². The second-order valence-electron chi connectivity index (χ2n) is 6.66. The molecule has 0 saturated carbocycles. The first-order valence-corrected chi connectivity index (χ1v) is 8.84. The lowest BCUT2D eigenvalue weighted by atomic mass is 9.93. The van der Waals surface area contributed by atoms with Crippen LogP contribution in [0.5, 0.6) is 5.75 Å². The summed E-state index contributed by atoms with van der Waals surface area (Å²) in [7, 11) is 0. The minimum Gasteiger partial charge on any atom is -0.492 e. The SMILES string of the molecule is CC(C)c1cccc(C(C)C)c1NC(=O)NCCOc1ccccc1. The fraction of sp³-hybridized carbons (Fsp3) is 0.381. The molecular weight excluding hydrogens is 312 g/mol. The molecule has 4 heteroatoms. The lowest BCUT2D eigenvalue weighted by Gasteiger charge is -2.20. The standard InChI is InChI=1S/C21H28N2O2/c1-15(2)18-11-8-12-19(16(3)4)20(18)23-21(24)22-13-14-25-17-9-6-5-7-10-17/h5-12,15-16H,13-14H2,1-4H3,(H2,22,23,24). The van der Waals surface area contributed by atoms with E-state index in [0.29, 0.717) is 25.0 Å². The number of rotatable bonds is 7. The van der Waals surface area contributed by atoms with Gasteiger partial charge in [0.1, 0.15) is 12.4 Å². The van der Waals surface area contributed by atoms with E-state index in [2.05, 4.69) is 56.5 Å². The number of amides is 2. The zero-order valence-corrected chi connectivity index (χ0v) is 15.5. The summed E-state index contributed by atoms with van der Waals surface area (Å²) in [5.41, 5.74) is 3.23. The summed E-state index contributed by atoms with van der Waals surface area (Å²) in [5.74, 6) is 1.49. The second kappa shape index (κ2) is 9.11. The maximum atomic E-state index is 12.3. The van der Waals surface area contributed by atoms with Gasteiger partial charge in [-0.1, -0.05) is 64.1 Å². The van der Waals surface area contributed by atoms with Crippen LogP contribution >= 0.6 is 0 Å². The predicted octanol–water partition coefficient (Wildman–Crippen LogP) is 5.13. The Kier molecular flexibility index (Phi) is 6.87. The van der Waals surface area contributed by atoms with Gasteiger partial charge in [0.05, 0.1) is 6.54 Å². The van der Waals surface area contributed by atoms with Gasteiger partial charge in [0.25, 0.3) is 0 Å². The van der Waals surface area contributed by atoms with Crippen LogP contribution in [-0.4, -0.2) is 19.2 Å². The highest BCUT2D eigenvalue weighted by Crippen LogP contribution is 2.32. The van der Waals surface area contributed by atoms with Crippen LogP contribution in [0.15, 0.2) is 48.5 Å². The third-order valence-corrected chi connectivity index (χ3v) is 4.01. The van der Waals surface area contributed by atoms with Gasteiger partial charge in [-0.25, -0.2) is 4.79 Å². The summed E-state index contributed by atoms with van der Waals surface area (Å²) in [6.45, 7) is 9.42. The Balaban J connectivity index is 1.93. The van der Waals surface area contributed by atoms with Crippen LogP contribution in [0.4, 0.5) is 10.5 Å². The van der Waals surface area contributed by atoms with Gasteiger partial charge in [0.15, 0.2) is 0 Å².